The van der Waals surface area contributed by atoms with E-state index in [4.69, 9.17) is 10.7 Å². The molecule has 5 fully saturated rings. The van der Waals surface area contributed by atoms with Crippen LogP contribution in [0.15, 0.2) is 23.5 Å². The van der Waals surface area contributed by atoms with Gasteiger partial charge < -0.3 is 15.5 Å². The molecule has 6 nitrogen and oxygen atoms in total. The first kappa shape index (κ1) is 16.3. The van der Waals surface area contributed by atoms with Gasteiger partial charge in [-0.15, -0.1) is 0 Å². The largest absolute Gasteiger partial charge is 0.370 e. The maximum atomic E-state index is 6.36. The van der Waals surface area contributed by atoms with Gasteiger partial charge in [0.25, 0.3) is 0 Å². The molecule has 0 atom stereocenters. The number of anilines is 1. The number of guanidine groups is 1. The summed E-state index contributed by atoms with van der Waals surface area (Å²) < 4.78 is 0. The van der Waals surface area contributed by atoms with Crippen molar-refractivity contribution >= 4 is 11.9 Å². The third-order valence-electron chi connectivity index (χ3n) is 7.32. The molecule has 2 N–H and O–H groups in total. The molecule has 6 heteroatoms. The fourth-order valence-corrected chi connectivity index (χ4v) is 6.23. The van der Waals surface area contributed by atoms with Crippen LogP contribution in [-0.4, -0.2) is 53.6 Å². The lowest BCUT2D eigenvalue weighted by Gasteiger charge is -2.54. The Bertz CT molecular complexity index is 624. The van der Waals surface area contributed by atoms with E-state index in [0.29, 0.717) is 0 Å². The number of nitrogens with two attached hydrogens (primary N) is 1. The summed E-state index contributed by atoms with van der Waals surface area (Å²) in [7, 11) is 0. The molecule has 1 aromatic heterocycles. The van der Waals surface area contributed by atoms with Gasteiger partial charge in [0, 0.05) is 45.1 Å². The fourth-order valence-electron chi connectivity index (χ4n) is 6.23. The van der Waals surface area contributed by atoms with Gasteiger partial charge >= 0.3 is 0 Å². The first-order valence-electron chi connectivity index (χ1n) is 10.3. The van der Waals surface area contributed by atoms with Crippen LogP contribution < -0.4 is 10.6 Å². The van der Waals surface area contributed by atoms with Gasteiger partial charge in [-0.25, -0.2) is 9.97 Å². The molecule has 4 aliphatic carbocycles. The fraction of sp³-hybridized carbons (Fsp3) is 0.750. The Balaban J connectivity index is 1.17. The van der Waals surface area contributed by atoms with E-state index in [0.717, 1.165) is 74.2 Å². The second-order valence-electron chi connectivity index (χ2n) is 8.82. The molecule has 1 aromatic rings. The van der Waals surface area contributed by atoms with E-state index in [-0.39, 0.29) is 0 Å². The second kappa shape index (κ2) is 6.71. The minimum Gasteiger partial charge on any atom is -0.370 e. The maximum Gasteiger partial charge on any atom is 0.225 e. The Labute approximate surface area is 155 Å². The van der Waals surface area contributed by atoms with Crippen molar-refractivity contribution in [2.75, 3.05) is 37.6 Å². The maximum absolute atomic E-state index is 6.36. The highest BCUT2D eigenvalue weighted by molar-refractivity contribution is 5.78. The Morgan fingerprint density at radius 3 is 2.19 bits per heavy atom. The monoisotopic (exact) mass is 354 g/mol. The molecule has 1 aliphatic heterocycles. The molecule has 0 aromatic carbocycles. The topological polar surface area (TPSA) is 70.6 Å². The third-order valence-corrected chi connectivity index (χ3v) is 7.32. The normalized spacial score (nSPS) is 36.6. The van der Waals surface area contributed by atoms with Crippen molar-refractivity contribution in [3.8, 4) is 0 Å². The summed E-state index contributed by atoms with van der Waals surface area (Å²) in [5.41, 5.74) is 6.36. The molecule has 140 valence electrons. The number of hydrogen-bond donors (Lipinski definition) is 1. The standard InChI is InChI=1S/C20H30N6/c21-19(25-4-6-26(7-5-25)20-22-2-1-3-23-20)24-13-18-16-9-14-8-15(11-16)12-17(18)10-14/h1-3,14-18H,4-13H2,(H2,21,24). The van der Waals surface area contributed by atoms with Gasteiger partial charge in [-0.2, -0.15) is 0 Å². The van der Waals surface area contributed by atoms with E-state index in [1.807, 2.05) is 6.07 Å². The highest BCUT2D eigenvalue weighted by Crippen LogP contribution is 2.56. The minimum atomic E-state index is 0.743. The van der Waals surface area contributed by atoms with Crippen molar-refractivity contribution in [1.82, 2.24) is 14.9 Å². The Kier molecular flexibility index (Phi) is 4.21. The summed E-state index contributed by atoms with van der Waals surface area (Å²) in [6.07, 6.45) is 11.0. The van der Waals surface area contributed by atoms with Gasteiger partial charge in [0.1, 0.15) is 0 Å². The molecule has 26 heavy (non-hydrogen) atoms. The van der Waals surface area contributed by atoms with Crippen molar-refractivity contribution in [2.45, 2.75) is 32.1 Å². The molecule has 4 saturated carbocycles. The lowest BCUT2D eigenvalue weighted by Crippen LogP contribution is -2.52. The Morgan fingerprint density at radius 2 is 1.58 bits per heavy atom. The SMILES string of the molecule is NC(=NCC1C2CC3CC(C2)CC1C3)N1CCN(c2ncccn2)CC1. The third kappa shape index (κ3) is 3.03. The van der Waals surface area contributed by atoms with Crippen LogP contribution in [0, 0.1) is 29.6 Å². The van der Waals surface area contributed by atoms with E-state index < -0.39 is 0 Å². The summed E-state index contributed by atoms with van der Waals surface area (Å²) in [6.45, 7) is 4.55. The summed E-state index contributed by atoms with van der Waals surface area (Å²) in [4.78, 5) is 18.0. The number of nitrogens with zero attached hydrogens (tertiary/aromatic N) is 5. The van der Waals surface area contributed by atoms with Gasteiger partial charge in [0.2, 0.25) is 5.95 Å². The second-order valence-corrected chi connectivity index (χ2v) is 8.82. The highest BCUT2D eigenvalue weighted by atomic mass is 15.3. The van der Waals surface area contributed by atoms with E-state index >= 15 is 0 Å². The van der Waals surface area contributed by atoms with E-state index in [9.17, 15) is 0 Å². The van der Waals surface area contributed by atoms with Crippen LogP contribution in [0.3, 0.4) is 0 Å². The van der Waals surface area contributed by atoms with Crippen molar-refractivity contribution in [3.63, 3.8) is 0 Å². The zero-order valence-electron chi connectivity index (χ0n) is 15.5. The Morgan fingerprint density at radius 1 is 0.962 bits per heavy atom. The summed E-state index contributed by atoms with van der Waals surface area (Å²) in [5.74, 6) is 6.26. The zero-order valence-corrected chi connectivity index (χ0v) is 15.5. The number of aromatic nitrogens is 2. The summed E-state index contributed by atoms with van der Waals surface area (Å²) in [5, 5.41) is 0. The zero-order chi connectivity index (χ0) is 17.5. The van der Waals surface area contributed by atoms with Crippen LogP contribution >= 0.6 is 0 Å². The van der Waals surface area contributed by atoms with Crippen LogP contribution in [0.25, 0.3) is 0 Å². The molecular weight excluding hydrogens is 324 g/mol. The molecule has 1 saturated heterocycles. The van der Waals surface area contributed by atoms with E-state index in [2.05, 4.69) is 19.8 Å². The van der Waals surface area contributed by atoms with Gasteiger partial charge in [-0.05, 0) is 67.8 Å². The van der Waals surface area contributed by atoms with Crippen LogP contribution in [-0.2, 0) is 0 Å². The van der Waals surface area contributed by atoms with Gasteiger partial charge in [0.05, 0.1) is 0 Å². The number of rotatable bonds is 3. The quantitative estimate of drug-likeness (QED) is 0.664. The van der Waals surface area contributed by atoms with Crippen molar-refractivity contribution in [3.05, 3.63) is 18.5 Å². The molecule has 5 aliphatic rings. The van der Waals surface area contributed by atoms with Crippen molar-refractivity contribution in [1.29, 1.82) is 0 Å². The molecule has 0 spiro atoms. The van der Waals surface area contributed by atoms with E-state index in [1.165, 1.54) is 32.1 Å². The predicted octanol–water partition coefficient (Wildman–Crippen LogP) is 1.99. The van der Waals surface area contributed by atoms with E-state index in [1.54, 1.807) is 12.4 Å². The smallest absolute Gasteiger partial charge is 0.225 e. The molecule has 0 unspecified atom stereocenters. The average molecular weight is 355 g/mol. The van der Waals surface area contributed by atoms with Gasteiger partial charge in [0.15, 0.2) is 5.96 Å². The molecule has 6 rings (SSSR count). The minimum absolute atomic E-state index is 0.743. The Hall–Kier alpha value is -1.85. The van der Waals surface area contributed by atoms with Gasteiger partial charge in [-0.3, -0.25) is 4.99 Å². The van der Waals surface area contributed by atoms with Gasteiger partial charge in [-0.1, -0.05) is 0 Å². The van der Waals surface area contributed by atoms with Crippen LogP contribution in [0.1, 0.15) is 32.1 Å². The van der Waals surface area contributed by atoms with Crippen molar-refractivity contribution < 1.29 is 0 Å². The number of aliphatic imine (C=N–C) groups is 1. The summed E-state index contributed by atoms with van der Waals surface area (Å²) >= 11 is 0. The number of piperazine rings is 1. The lowest BCUT2D eigenvalue weighted by atomic mass is 9.52. The molecule has 0 amide bonds. The van der Waals surface area contributed by atoms with Crippen LogP contribution in [0.4, 0.5) is 5.95 Å². The summed E-state index contributed by atoms with van der Waals surface area (Å²) in [6, 6.07) is 1.86. The van der Waals surface area contributed by atoms with Crippen molar-refractivity contribution in [2.24, 2.45) is 40.3 Å². The molecule has 0 radical (unpaired) electrons. The predicted molar refractivity (Wildman–Crippen MR) is 103 cm³/mol. The van der Waals surface area contributed by atoms with Crippen LogP contribution in [0.5, 0.6) is 0 Å². The molecule has 4 bridgehead atoms. The average Bonchev–Trinajstić information content (AvgIpc) is 2.67. The first-order chi connectivity index (χ1) is 12.8. The number of hydrogen-bond acceptors (Lipinski definition) is 4. The molecule has 2 heterocycles. The van der Waals surface area contributed by atoms with Crippen LogP contribution in [0.2, 0.25) is 0 Å². The lowest BCUT2D eigenvalue weighted by molar-refractivity contribution is -0.0320. The molecular formula is C20H30N6. The highest BCUT2D eigenvalue weighted by Gasteiger charge is 2.47. The first-order valence-corrected chi connectivity index (χ1v) is 10.3.